The number of phenols is 2. The molecule has 1 heterocycles. The number of pyridine rings is 1. The van der Waals surface area contributed by atoms with Gasteiger partial charge in [-0.05, 0) is 54.3 Å². The monoisotopic (exact) mass is 363 g/mol. The van der Waals surface area contributed by atoms with Crippen LogP contribution in [0.2, 0.25) is 0 Å². The van der Waals surface area contributed by atoms with E-state index >= 15 is 0 Å². The summed E-state index contributed by atoms with van der Waals surface area (Å²) in [4.78, 5) is 12.7. The van der Waals surface area contributed by atoms with Crippen LogP contribution in [-0.2, 0) is 5.41 Å². The number of rotatable bonds is 2. The molecule has 0 spiro atoms. The Hall–Kier alpha value is -3.01. The number of aromatic amines is 1. The largest absolute Gasteiger partial charge is 0.508 e. The zero-order valence-corrected chi connectivity index (χ0v) is 15.3. The van der Waals surface area contributed by atoms with Crippen molar-refractivity contribution in [2.75, 3.05) is 0 Å². The van der Waals surface area contributed by atoms with E-state index in [1.807, 2.05) is 24.3 Å². The lowest BCUT2D eigenvalue weighted by molar-refractivity contribution is 0.345. The fraction of sp³-hybridized carbons (Fsp3) is 0.261. The van der Waals surface area contributed by atoms with Gasteiger partial charge in [-0.15, -0.1) is 0 Å². The smallest absolute Gasteiger partial charge is 0.247 e. The van der Waals surface area contributed by atoms with Crippen molar-refractivity contribution in [2.45, 2.75) is 37.5 Å². The SMILES string of the molecule is O=c1cccc[nH]1.Oc1ccc(C2(c3ccc(O)cc3)CCCCC2)cc1. The molecule has 2 aromatic carbocycles. The van der Waals surface area contributed by atoms with E-state index in [2.05, 4.69) is 4.98 Å². The van der Waals surface area contributed by atoms with E-state index in [9.17, 15) is 15.0 Å². The summed E-state index contributed by atoms with van der Waals surface area (Å²) in [7, 11) is 0. The van der Waals surface area contributed by atoms with Crippen molar-refractivity contribution in [3.63, 3.8) is 0 Å². The van der Waals surface area contributed by atoms with Crippen LogP contribution in [0, 0.1) is 0 Å². The Bertz CT molecular complexity index is 827. The van der Waals surface area contributed by atoms with Gasteiger partial charge in [0.25, 0.3) is 0 Å². The summed E-state index contributed by atoms with van der Waals surface area (Å²) >= 11 is 0. The van der Waals surface area contributed by atoms with Gasteiger partial charge in [0.1, 0.15) is 11.5 Å². The van der Waals surface area contributed by atoms with Gasteiger partial charge in [0.05, 0.1) is 0 Å². The van der Waals surface area contributed by atoms with Crippen LogP contribution in [0.3, 0.4) is 0 Å². The van der Waals surface area contributed by atoms with Gasteiger partial charge in [-0.25, -0.2) is 0 Å². The minimum absolute atomic E-state index is 0.0274. The Balaban J connectivity index is 0.000000253. The van der Waals surface area contributed by atoms with Crippen molar-refractivity contribution >= 4 is 0 Å². The molecule has 1 aromatic heterocycles. The predicted octanol–water partition coefficient (Wildman–Crippen LogP) is 4.72. The molecule has 0 bridgehead atoms. The Morgan fingerprint density at radius 3 is 1.59 bits per heavy atom. The maximum Gasteiger partial charge on any atom is 0.247 e. The van der Waals surface area contributed by atoms with Gasteiger partial charge in [0.15, 0.2) is 0 Å². The maximum absolute atomic E-state index is 10.2. The van der Waals surface area contributed by atoms with Gasteiger partial charge in [-0.3, -0.25) is 4.79 Å². The molecule has 3 N–H and O–H groups in total. The van der Waals surface area contributed by atoms with E-state index in [0.717, 1.165) is 12.8 Å². The zero-order valence-electron chi connectivity index (χ0n) is 15.3. The zero-order chi connectivity index (χ0) is 19.1. The first-order valence-electron chi connectivity index (χ1n) is 9.33. The molecule has 0 unspecified atom stereocenters. The highest BCUT2D eigenvalue weighted by atomic mass is 16.3. The van der Waals surface area contributed by atoms with Crippen molar-refractivity contribution in [2.24, 2.45) is 0 Å². The van der Waals surface area contributed by atoms with Crippen molar-refractivity contribution < 1.29 is 10.2 Å². The number of benzene rings is 2. The molecule has 27 heavy (non-hydrogen) atoms. The topological polar surface area (TPSA) is 73.3 Å². The first kappa shape index (κ1) is 18.8. The fourth-order valence-electron chi connectivity index (χ4n) is 3.84. The first-order chi connectivity index (χ1) is 13.1. The molecular weight excluding hydrogens is 338 g/mol. The molecule has 0 radical (unpaired) electrons. The van der Waals surface area contributed by atoms with Crippen LogP contribution in [0.4, 0.5) is 0 Å². The van der Waals surface area contributed by atoms with E-state index in [-0.39, 0.29) is 11.0 Å². The van der Waals surface area contributed by atoms with E-state index in [0.29, 0.717) is 11.5 Å². The Morgan fingerprint density at radius 1 is 0.704 bits per heavy atom. The summed E-state index contributed by atoms with van der Waals surface area (Å²) in [6, 6.07) is 20.2. The first-order valence-corrected chi connectivity index (χ1v) is 9.33. The van der Waals surface area contributed by atoms with Crippen LogP contribution in [0.5, 0.6) is 11.5 Å². The summed E-state index contributed by atoms with van der Waals surface area (Å²) < 4.78 is 0. The molecule has 1 aliphatic rings. The number of phenolic OH excluding ortho intramolecular Hbond substituents is 2. The number of aromatic hydroxyl groups is 2. The molecule has 3 aromatic rings. The minimum Gasteiger partial charge on any atom is -0.508 e. The summed E-state index contributed by atoms with van der Waals surface area (Å²) in [5.74, 6) is 0.621. The number of H-pyrrole nitrogens is 1. The second-order valence-corrected chi connectivity index (χ2v) is 6.96. The molecule has 4 rings (SSSR count). The molecule has 1 saturated carbocycles. The average molecular weight is 363 g/mol. The second kappa shape index (κ2) is 8.58. The lowest BCUT2D eigenvalue weighted by atomic mass is 9.65. The maximum atomic E-state index is 10.2. The van der Waals surface area contributed by atoms with Gasteiger partial charge in [-0.1, -0.05) is 49.6 Å². The van der Waals surface area contributed by atoms with Crippen molar-refractivity contribution in [1.29, 1.82) is 0 Å². The lowest BCUT2D eigenvalue weighted by Gasteiger charge is -2.38. The summed E-state index contributed by atoms with van der Waals surface area (Å²) in [5.41, 5.74) is 2.50. The van der Waals surface area contributed by atoms with Crippen LogP contribution in [0.25, 0.3) is 0 Å². The standard InChI is InChI=1S/C18H20O2.C5H5NO/c19-16-8-4-14(5-9-16)18(12-2-1-3-13-18)15-6-10-17(20)11-7-15;7-5-3-1-2-4-6-5/h4-11,19-20H,1-3,12-13H2;1-4H,(H,6,7). The molecule has 0 atom stereocenters. The van der Waals surface area contributed by atoms with Gasteiger partial charge in [0.2, 0.25) is 5.56 Å². The minimum atomic E-state index is -0.0532. The highest BCUT2D eigenvalue weighted by Gasteiger charge is 2.35. The van der Waals surface area contributed by atoms with Crippen molar-refractivity contribution in [3.05, 3.63) is 94.4 Å². The molecule has 0 saturated heterocycles. The van der Waals surface area contributed by atoms with Gasteiger partial charge in [-0.2, -0.15) is 0 Å². The van der Waals surface area contributed by atoms with Gasteiger partial charge in [0, 0.05) is 17.7 Å². The quantitative estimate of drug-likeness (QED) is 0.617. The van der Waals surface area contributed by atoms with E-state index in [4.69, 9.17) is 0 Å². The van der Waals surface area contributed by atoms with Gasteiger partial charge < -0.3 is 15.2 Å². The van der Waals surface area contributed by atoms with Gasteiger partial charge >= 0.3 is 0 Å². The number of nitrogens with one attached hydrogen (secondary N) is 1. The normalized spacial score (nSPS) is 15.4. The molecule has 1 fully saturated rings. The Morgan fingerprint density at radius 2 is 1.22 bits per heavy atom. The Kier molecular flexibility index (Phi) is 5.97. The molecule has 4 heteroatoms. The van der Waals surface area contributed by atoms with Crippen LogP contribution in [0.15, 0.2) is 77.7 Å². The third kappa shape index (κ3) is 4.59. The molecule has 140 valence electrons. The molecular formula is C23H25NO3. The Labute approximate surface area is 159 Å². The summed E-state index contributed by atoms with van der Waals surface area (Å²) in [6.45, 7) is 0. The van der Waals surface area contributed by atoms with Crippen molar-refractivity contribution in [3.8, 4) is 11.5 Å². The van der Waals surface area contributed by atoms with E-state index in [1.165, 1.54) is 36.5 Å². The highest BCUT2D eigenvalue weighted by molar-refractivity contribution is 5.43. The summed E-state index contributed by atoms with van der Waals surface area (Å²) in [6.07, 6.45) is 7.59. The van der Waals surface area contributed by atoms with Crippen LogP contribution >= 0.6 is 0 Å². The number of hydrogen-bond acceptors (Lipinski definition) is 3. The van der Waals surface area contributed by atoms with Crippen LogP contribution in [-0.4, -0.2) is 15.2 Å². The molecule has 4 nitrogen and oxygen atoms in total. The fourth-order valence-corrected chi connectivity index (χ4v) is 3.84. The second-order valence-electron chi connectivity index (χ2n) is 6.96. The third-order valence-electron chi connectivity index (χ3n) is 5.23. The average Bonchev–Trinajstić information content (AvgIpc) is 2.71. The van der Waals surface area contributed by atoms with Crippen molar-refractivity contribution in [1.82, 2.24) is 4.98 Å². The molecule has 1 aliphatic carbocycles. The number of hydrogen-bond donors (Lipinski definition) is 3. The van der Waals surface area contributed by atoms with E-state index in [1.54, 1.807) is 42.6 Å². The summed E-state index contributed by atoms with van der Waals surface area (Å²) in [5, 5.41) is 19.0. The predicted molar refractivity (Wildman–Crippen MR) is 107 cm³/mol. The van der Waals surface area contributed by atoms with E-state index < -0.39 is 0 Å². The molecule has 0 aliphatic heterocycles. The van der Waals surface area contributed by atoms with Crippen LogP contribution < -0.4 is 5.56 Å². The molecule has 0 amide bonds. The highest BCUT2D eigenvalue weighted by Crippen LogP contribution is 2.45. The van der Waals surface area contributed by atoms with Crippen LogP contribution in [0.1, 0.15) is 43.2 Å². The lowest BCUT2D eigenvalue weighted by Crippen LogP contribution is -2.30. The third-order valence-corrected chi connectivity index (χ3v) is 5.23. The number of aromatic nitrogens is 1.